The number of carbonyl (C=O) groups excluding carboxylic acids is 2. The lowest BCUT2D eigenvalue weighted by Crippen LogP contribution is -2.62. The third-order valence-corrected chi connectivity index (χ3v) is 6.09. The van der Waals surface area contributed by atoms with Crippen LogP contribution in [0.3, 0.4) is 0 Å². The summed E-state index contributed by atoms with van der Waals surface area (Å²) in [4.78, 5) is 32.1. The molecule has 2 aliphatic rings. The molecule has 2 saturated heterocycles. The van der Waals surface area contributed by atoms with Gasteiger partial charge in [0.2, 0.25) is 0 Å². The van der Waals surface area contributed by atoms with Crippen LogP contribution in [0, 0.1) is 0 Å². The van der Waals surface area contributed by atoms with Crippen LogP contribution in [-0.2, 0) is 14.6 Å². The Morgan fingerprint density at radius 2 is 1.80 bits per heavy atom. The summed E-state index contributed by atoms with van der Waals surface area (Å²) in [6, 6.07) is 3.85. The number of carbonyl (C=O) groups is 2. The van der Waals surface area contributed by atoms with Crippen LogP contribution in [0.15, 0.2) is 24.4 Å². The molecule has 0 aromatic carbocycles. The molecule has 1 aromatic rings. The largest absolute Gasteiger partial charge is 0.447 e. The normalized spacial score (nSPS) is 24.9. The van der Waals surface area contributed by atoms with E-state index in [1.165, 1.54) is 16.0 Å². The van der Waals surface area contributed by atoms with E-state index < -0.39 is 28.0 Å². The molecular formula is C16H21N3O5S. The van der Waals surface area contributed by atoms with Crippen molar-refractivity contribution in [2.75, 3.05) is 24.6 Å². The predicted molar refractivity (Wildman–Crippen MR) is 89.8 cm³/mol. The fourth-order valence-corrected chi connectivity index (χ4v) is 5.32. The van der Waals surface area contributed by atoms with Gasteiger partial charge in [0, 0.05) is 19.3 Å². The van der Waals surface area contributed by atoms with Gasteiger partial charge in [-0.1, -0.05) is 6.07 Å². The SMILES string of the molecule is CC(C)OC(=O)N1CCN(C(=O)c2ccccn2)[C@@H]2CS(=O)(=O)C[C@@H]21. The van der Waals surface area contributed by atoms with Crippen LogP contribution in [0.5, 0.6) is 0 Å². The molecule has 3 rings (SSSR count). The zero-order valence-electron chi connectivity index (χ0n) is 14.2. The Morgan fingerprint density at radius 1 is 1.16 bits per heavy atom. The van der Waals surface area contributed by atoms with Crippen molar-refractivity contribution in [1.29, 1.82) is 0 Å². The molecule has 2 aliphatic heterocycles. The summed E-state index contributed by atoms with van der Waals surface area (Å²) in [6.07, 6.45) is 0.691. The molecule has 3 heterocycles. The molecule has 136 valence electrons. The minimum atomic E-state index is -3.34. The second kappa shape index (κ2) is 6.62. The van der Waals surface area contributed by atoms with Crippen molar-refractivity contribution in [2.45, 2.75) is 32.0 Å². The second-order valence-electron chi connectivity index (χ2n) is 6.55. The fourth-order valence-electron chi connectivity index (χ4n) is 3.34. The number of rotatable bonds is 2. The summed E-state index contributed by atoms with van der Waals surface area (Å²) in [6.45, 7) is 3.96. The third kappa shape index (κ3) is 3.60. The van der Waals surface area contributed by atoms with Gasteiger partial charge in [0.15, 0.2) is 9.84 Å². The number of hydrogen-bond acceptors (Lipinski definition) is 6. The van der Waals surface area contributed by atoms with Gasteiger partial charge in [0.1, 0.15) is 5.69 Å². The van der Waals surface area contributed by atoms with E-state index in [-0.39, 0.29) is 42.3 Å². The van der Waals surface area contributed by atoms with Gasteiger partial charge >= 0.3 is 6.09 Å². The first-order valence-electron chi connectivity index (χ1n) is 8.18. The molecular weight excluding hydrogens is 346 g/mol. The first-order valence-corrected chi connectivity index (χ1v) is 10.0. The zero-order chi connectivity index (χ0) is 18.2. The molecule has 2 atom stereocenters. The van der Waals surface area contributed by atoms with Gasteiger partial charge in [-0.05, 0) is 26.0 Å². The summed E-state index contributed by atoms with van der Waals surface area (Å²) in [5.74, 6) is -0.622. The van der Waals surface area contributed by atoms with E-state index >= 15 is 0 Å². The third-order valence-electron chi connectivity index (χ3n) is 4.39. The van der Waals surface area contributed by atoms with Crippen molar-refractivity contribution < 1.29 is 22.7 Å². The van der Waals surface area contributed by atoms with Gasteiger partial charge in [-0.2, -0.15) is 0 Å². The molecule has 2 amide bonds. The molecule has 0 N–H and O–H groups in total. The number of aromatic nitrogens is 1. The molecule has 2 fully saturated rings. The van der Waals surface area contributed by atoms with Gasteiger partial charge < -0.3 is 14.5 Å². The van der Waals surface area contributed by atoms with Crippen molar-refractivity contribution in [3.63, 3.8) is 0 Å². The van der Waals surface area contributed by atoms with Crippen molar-refractivity contribution in [3.8, 4) is 0 Å². The lowest BCUT2D eigenvalue weighted by molar-refractivity contribution is 0.0172. The van der Waals surface area contributed by atoms with Gasteiger partial charge in [-0.25, -0.2) is 13.2 Å². The highest BCUT2D eigenvalue weighted by atomic mass is 32.2. The fraction of sp³-hybridized carbons (Fsp3) is 0.562. The lowest BCUT2D eigenvalue weighted by Gasteiger charge is -2.43. The summed E-state index contributed by atoms with van der Waals surface area (Å²) >= 11 is 0. The van der Waals surface area contributed by atoms with Crippen molar-refractivity contribution in [2.24, 2.45) is 0 Å². The van der Waals surface area contributed by atoms with E-state index in [4.69, 9.17) is 4.74 Å². The summed E-state index contributed by atoms with van der Waals surface area (Å²) in [7, 11) is -3.34. The van der Waals surface area contributed by atoms with E-state index in [0.29, 0.717) is 0 Å². The number of amides is 2. The molecule has 1 aromatic heterocycles. The highest BCUT2D eigenvalue weighted by molar-refractivity contribution is 7.91. The second-order valence-corrected chi connectivity index (χ2v) is 8.70. The number of sulfone groups is 1. The topological polar surface area (TPSA) is 96.9 Å². The van der Waals surface area contributed by atoms with E-state index in [1.807, 2.05) is 0 Å². The van der Waals surface area contributed by atoms with E-state index in [1.54, 1.807) is 32.0 Å². The van der Waals surface area contributed by atoms with Gasteiger partial charge in [0.05, 0.1) is 29.7 Å². The smallest absolute Gasteiger partial charge is 0.410 e. The standard InChI is InChI=1S/C16H21N3O5S/c1-11(2)24-16(21)19-8-7-18(13-9-25(22,23)10-14(13)19)15(20)12-5-3-4-6-17-12/h3-6,11,13-14H,7-10H2,1-2H3/t13-,14+/m1/s1. The van der Waals surface area contributed by atoms with Crippen molar-refractivity contribution in [1.82, 2.24) is 14.8 Å². The molecule has 9 heteroatoms. The van der Waals surface area contributed by atoms with Gasteiger partial charge in [0.25, 0.3) is 5.91 Å². The Bertz CT molecular complexity index is 765. The Morgan fingerprint density at radius 3 is 2.40 bits per heavy atom. The zero-order valence-corrected chi connectivity index (χ0v) is 15.0. The van der Waals surface area contributed by atoms with Crippen LogP contribution in [0.25, 0.3) is 0 Å². The summed E-state index contributed by atoms with van der Waals surface area (Å²) in [5, 5.41) is 0. The molecule has 8 nitrogen and oxygen atoms in total. The first kappa shape index (κ1) is 17.7. The predicted octanol–water partition coefficient (Wildman–Crippen LogP) is 0.550. The Balaban J connectivity index is 1.86. The minimum absolute atomic E-state index is 0.151. The van der Waals surface area contributed by atoms with Crippen molar-refractivity contribution in [3.05, 3.63) is 30.1 Å². The average molecular weight is 367 g/mol. The van der Waals surface area contributed by atoms with Gasteiger partial charge in [-0.3, -0.25) is 9.78 Å². The number of nitrogens with zero attached hydrogens (tertiary/aromatic N) is 3. The molecule has 0 saturated carbocycles. The van der Waals surface area contributed by atoms with Gasteiger partial charge in [-0.15, -0.1) is 0 Å². The van der Waals surface area contributed by atoms with Crippen LogP contribution < -0.4 is 0 Å². The minimum Gasteiger partial charge on any atom is -0.447 e. The number of pyridine rings is 1. The Hall–Kier alpha value is -2.16. The molecule has 0 spiro atoms. The quantitative estimate of drug-likeness (QED) is 0.757. The molecule has 0 bridgehead atoms. The lowest BCUT2D eigenvalue weighted by atomic mass is 10.0. The summed E-state index contributed by atoms with van der Waals surface area (Å²) < 4.78 is 29.5. The average Bonchev–Trinajstić information content (AvgIpc) is 2.88. The molecule has 25 heavy (non-hydrogen) atoms. The molecule has 0 radical (unpaired) electrons. The van der Waals surface area contributed by atoms with E-state index in [9.17, 15) is 18.0 Å². The van der Waals surface area contributed by atoms with Crippen LogP contribution in [-0.4, -0.2) is 78.0 Å². The van der Waals surface area contributed by atoms with Crippen LogP contribution >= 0.6 is 0 Å². The highest BCUT2D eigenvalue weighted by Crippen LogP contribution is 2.28. The molecule has 0 unspecified atom stereocenters. The maximum Gasteiger partial charge on any atom is 0.410 e. The van der Waals surface area contributed by atoms with Crippen molar-refractivity contribution >= 4 is 21.8 Å². The Labute approximate surface area is 146 Å². The molecule has 0 aliphatic carbocycles. The maximum absolute atomic E-state index is 12.7. The first-order chi connectivity index (χ1) is 11.8. The Kier molecular flexibility index (Phi) is 4.68. The highest BCUT2D eigenvalue weighted by Gasteiger charge is 2.50. The van der Waals surface area contributed by atoms with E-state index in [2.05, 4.69) is 4.98 Å². The maximum atomic E-state index is 12.7. The number of ether oxygens (including phenoxy) is 1. The number of piperazine rings is 1. The van der Waals surface area contributed by atoms with Crippen LogP contribution in [0.2, 0.25) is 0 Å². The summed E-state index contributed by atoms with van der Waals surface area (Å²) in [5.41, 5.74) is 0.267. The van der Waals surface area contributed by atoms with Crippen LogP contribution in [0.4, 0.5) is 4.79 Å². The number of fused-ring (bicyclic) bond motifs is 1. The number of hydrogen-bond donors (Lipinski definition) is 0. The monoisotopic (exact) mass is 367 g/mol. The van der Waals surface area contributed by atoms with E-state index in [0.717, 1.165) is 0 Å². The van der Waals surface area contributed by atoms with Crippen LogP contribution in [0.1, 0.15) is 24.3 Å².